The summed E-state index contributed by atoms with van der Waals surface area (Å²) in [6.07, 6.45) is 0. The fourth-order valence-electron chi connectivity index (χ4n) is 2.57. The third-order valence-corrected chi connectivity index (χ3v) is 3.96. The van der Waals surface area contributed by atoms with Crippen LogP contribution in [-0.4, -0.2) is 15.0 Å². The highest BCUT2D eigenvalue weighted by molar-refractivity contribution is 6.07. The van der Waals surface area contributed by atoms with Crippen LogP contribution < -0.4 is 21.9 Å². The van der Waals surface area contributed by atoms with Crippen molar-refractivity contribution in [3.8, 4) is 0 Å². The Morgan fingerprint density at radius 1 is 0.808 bits per heavy atom. The molecule has 1 aromatic heterocycles. The maximum atomic E-state index is 12.8. The van der Waals surface area contributed by atoms with Gasteiger partial charge in [-0.1, -0.05) is 36.4 Å². The smallest absolute Gasteiger partial charge is 0.332 e. The molecule has 7 nitrogen and oxygen atoms in total. The van der Waals surface area contributed by atoms with Crippen LogP contribution in [0, 0.1) is 0 Å². The molecule has 7 heteroatoms. The summed E-state index contributed by atoms with van der Waals surface area (Å²) in [4.78, 5) is 37.7. The van der Waals surface area contributed by atoms with Crippen LogP contribution >= 0.6 is 0 Å². The summed E-state index contributed by atoms with van der Waals surface area (Å²) >= 11 is 0. The van der Waals surface area contributed by atoms with E-state index in [0.29, 0.717) is 11.4 Å². The van der Waals surface area contributed by atoms with Gasteiger partial charge >= 0.3 is 5.69 Å². The lowest BCUT2D eigenvalue weighted by Gasteiger charge is -2.16. The maximum Gasteiger partial charge on any atom is 0.332 e. The van der Waals surface area contributed by atoms with Crippen LogP contribution in [0.2, 0.25) is 0 Å². The molecule has 0 unspecified atom stereocenters. The molecule has 3 rings (SSSR count). The number of para-hydroxylation sites is 2. The summed E-state index contributed by atoms with van der Waals surface area (Å²) in [5.74, 6) is -0.455. The topological polar surface area (TPSA) is 85.1 Å². The quantitative estimate of drug-likeness (QED) is 0.754. The first-order valence-corrected chi connectivity index (χ1v) is 7.97. The SMILES string of the molecule is Cn1c(Nc2ccccc2)c(C(=O)Nc2ccccc2)c(=O)n(C)c1=O. The standard InChI is InChI=1S/C19H18N4O3/c1-22-16(20-13-9-5-3-6-10-13)15(18(25)23(2)19(22)26)17(24)21-14-11-7-4-8-12-14/h3-12,20H,1-2H3,(H,21,24). The summed E-state index contributed by atoms with van der Waals surface area (Å²) in [5.41, 5.74) is -0.115. The number of benzene rings is 2. The largest absolute Gasteiger partial charge is 0.341 e. The van der Waals surface area contributed by atoms with Crippen molar-refractivity contribution in [1.82, 2.24) is 9.13 Å². The monoisotopic (exact) mass is 350 g/mol. The number of rotatable bonds is 4. The van der Waals surface area contributed by atoms with E-state index in [9.17, 15) is 14.4 Å². The van der Waals surface area contributed by atoms with Crippen molar-refractivity contribution in [2.75, 3.05) is 10.6 Å². The molecule has 0 aliphatic heterocycles. The van der Waals surface area contributed by atoms with E-state index in [4.69, 9.17) is 0 Å². The number of aromatic nitrogens is 2. The van der Waals surface area contributed by atoms with Crippen LogP contribution in [0.5, 0.6) is 0 Å². The summed E-state index contributed by atoms with van der Waals surface area (Å²) in [6.45, 7) is 0. The molecule has 0 atom stereocenters. The van der Waals surface area contributed by atoms with Gasteiger partial charge in [0, 0.05) is 25.5 Å². The number of carbonyl (C=O) groups excluding carboxylic acids is 1. The minimum atomic E-state index is -0.667. The van der Waals surface area contributed by atoms with Gasteiger partial charge in [0.15, 0.2) is 0 Å². The van der Waals surface area contributed by atoms with Gasteiger partial charge < -0.3 is 10.6 Å². The van der Waals surface area contributed by atoms with E-state index in [1.165, 1.54) is 18.7 Å². The van der Waals surface area contributed by atoms with Gasteiger partial charge in [-0.05, 0) is 24.3 Å². The van der Waals surface area contributed by atoms with Crippen molar-refractivity contribution in [3.63, 3.8) is 0 Å². The molecule has 132 valence electrons. The molecule has 0 fully saturated rings. The molecule has 0 saturated carbocycles. The Labute approximate surface area is 149 Å². The zero-order valence-electron chi connectivity index (χ0n) is 14.4. The molecule has 2 aromatic carbocycles. The number of anilines is 3. The Bertz CT molecular complexity index is 1050. The van der Waals surface area contributed by atoms with Crippen LogP contribution in [-0.2, 0) is 14.1 Å². The second kappa shape index (κ2) is 7.10. The molecule has 0 radical (unpaired) electrons. The number of nitrogens with zero attached hydrogens (tertiary/aromatic N) is 2. The third kappa shape index (κ3) is 3.27. The normalized spacial score (nSPS) is 10.4. The van der Waals surface area contributed by atoms with E-state index in [1.54, 1.807) is 36.4 Å². The average molecular weight is 350 g/mol. The number of hydrogen-bond donors (Lipinski definition) is 2. The number of nitrogens with one attached hydrogen (secondary N) is 2. The Balaban J connectivity index is 2.12. The van der Waals surface area contributed by atoms with Gasteiger partial charge in [0.25, 0.3) is 11.5 Å². The Kier molecular flexibility index (Phi) is 4.70. The molecule has 0 saturated heterocycles. The molecule has 0 spiro atoms. The van der Waals surface area contributed by atoms with Crippen LogP contribution in [0.3, 0.4) is 0 Å². The third-order valence-electron chi connectivity index (χ3n) is 3.96. The van der Waals surface area contributed by atoms with Gasteiger partial charge in [0.05, 0.1) is 0 Å². The van der Waals surface area contributed by atoms with E-state index < -0.39 is 17.2 Å². The molecule has 1 heterocycles. The molecule has 2 N–H and O–H groups in total. The van der Waals surface area contributed by atoms with Gasteiger partial charge in [-0.15, -0.1) is 0 Å². The van der Waals surface area contributed by atoms with Crippen LogP contribution in [0.25, 0.3) is 0 Å². The second-order valence-electron chi connectivity index (χ2n) is 5.74. The molecule has 0 bridgehead atoms. The lowest BCUT2D eigenvalue weighted by molar-refractivity contribution is 0.102. The lowest BCUT2D eigenvalue weighted by Crippen LogP contribution is -2.42. The van der Waals surface area contributed by atoms with Crippen molar-refractivity contribution >= 4 is 23.1 Å². The first kappa shape index (κ1) is 17.2. The second-order valence-corrected chi connectivity index (χ2v) is 5.74. The van der Waals surface area contributed by atoms with Crippen molar-refractivity contribution in [2.45, 2.75) is 0 Å². The molecule has 26 heavy (non-hydrogen) atoms. The van der Waals surface area contributed by atoms with Gasteiger partial charge in [0.1, 0.15) is 11.4 Å². The summed E-state index contributed by atoms with van der Waals surface area (Å²) in [7, 11) is 2.85. The highest BCUT2D eigenvalue weighted by atomic mass is 16.2. The summed E-state index contributed by atoms with van der Waals surface area (Å²) < 4.78 is 2.16. The van der Waals surface area contributed by atoms with Crippen LogP contribution in [0.1, 0.15) is 10.4 Å². The van der Waals surface area contributed by atoms with E-state index in [1.807, 2.05) is 24.3 Å². The van der Waals surface area contributed by atoms with Crippen molar-refractivity contribution in [1.29, 1.82) is 0 Å². The molecule has 3 aromatic rings. The van der Waals surface area contributed by atoms with Gasteiger partial charge in [-0.2, -0.15) is 0 Å². The van der Waals surface area contributed by atoms with E-state index in [-0.39, 0.29) is 11.4 Å². The maximum absolute atomic E-state index is 12.8. The van der Waals surface area contributed by atoms with Crippen molar-refractivity contribution in [2.24, 2.45) is 14.1 Å². The molecular weight excluding hydrogens is 332 g/mol. The van der Waals surface area contributed by atoms with Gasteiger partial charge in [-0.25, -0.2) is 4.79 Å². The average Bonchev–Trinajstić information content (AvgIpc) is 2.66. The summed E-state index contributed by atoms with van der Waals surface area (Å²) in [6, 6.07) is 17.8. The molecule has 0 aliphatic carbocycles. The minimum Gasteiger partial charge on any atom is -0.341 e. The van der Waals surface area contributed by atoms with Gasteiger partial charge in [-0.3, -0.25) is 18.7 Å². The zero-order valence-corrected chi connectivity index (χ0v) is 14.4. The zero-order chi connectivity index (χ0) is 18.7. The van der Waals surface area contributed by atoms with Crippen LogP contribution in [0.15, 0.2) is 70.3 Å². The van der Waals surface area contributed by atoms with E-state index >= 15 is 0 Å². The van der Waals surface area contributed by atoms with Gasteiger partial charge in [0.2, 0.25) is 0 Å². The Hall–Kier alpha value is -3.61. The number of amides is 1. The first-order valence-electron chi connectivity index (χ1n) is 7.97. The van der Waals surface area contributed by atoms with Crippen molar-refractivity contribution < 1.29 is 4.79 Å². The fraction of sp³-hybridized carbons (Fsp3) is 0.105. The highest BCUT2D eigenvalue weighted by Gasteiger charge is 2.22. The minimum absolute atomic E-state index is 0.137. The van der Waals surface area contributed by atoms with Crippen LogP contribution in [0.4, 0.5) is 17.2 Å². The predicted molar refractivity (Wildman–Crippen MR) is 101 cm³/mol. The Morgan fingerprint density at radius 3 is 1.92 bits per heavy atom. The number of carbonyl (C=O) groups is 1. The summed E-state index contributed by atoms with van der Waals surface area (Å²) in [5, 5.41) is 5.70. The predicted octanol–water partition coefficient (Wildman–Crippen LogP) is 2.08. The molecule has 1 amide bonds. The van der Waals surface area contributed by atoms with E-state index in [0.717, 1.165) is 4.57 Å². The fourth-order valence-corrected chi connectivity index (χ4v) is 2.57. The molecular formula is C19H18N4O3. The lowest BCUT2D eigenvalue weighted by atomic mass is 10.2. The highest BCUT2D eigenvalue weighted by Crippen LogP contribution is 2.18. The number of hydrogen-bond acceptors (Lipinski definition) is 4. The first-order chi connectivity index (χ1) is 12.5. The Morgan fingerprint density at radius 2 is 1.35 bits per heavy atom. The molecule has 0 aliphatic rings. The van der Waals surface area contributed by atoms with Crippen molar-refractivity contribution in [3.05, 3.63) is 87.1 Å². The van der Waals surface area contributed by atoms with E-state index in [2.05, 4.69) is 10.6 Å².